The second-order valence-electron chi connectivity index (χ2n) is 8.23. The summed E-state index contributed by atoms with van der Waals surface area (Å²) in [5.74, 6) is 1.44. The highest BCUT2D eigenvalue weighted by molar-refractivity contribution is 8.27. The van der Waals surface area contributed by atoms with Crippen LogP contribution >= 0.6 is 23.1 Å². The number of nitrogens with zero attached hydrogens (tertiary/aromatic N) is 3. The average molecular weight is 533 g/mol. The van der Waals surface area contributed by atoms with Crippen molar-refractivity contribution in [2.24, 2.45) is 10.1 Å². The Morgan fingerprint density at radius 1 is 1.03 bits per heavy atom. The van der Waals surface area contributed by atoms with E-state index >= 15 is 0 Å². The van der Waals surface area contributed by atoms with E-state index in [1.165, 1.54) is 16.8 Å². The Kier molecular flexibility index (Phi) is 7.11. The third-order valence-corrected chi connectivity index (χ3v) is 7.63. The van der Waals surface area contributed by atoms with Crippen LogP contribution < -0.4 is 14.2 Å². The van der Waals surface area contributed by atoms with Crippen molar-refractivity contribution >= 4 is 51.1 Å². The third kappa shape index (κ3) is 5.16. The summed E-state index contributed by atoms with van der Waals surface area (Å²) in [6.45, 7) is 4.75. The summed E-state index contributed by atoms with van der Waals surface area (Å²) >= 11 is 2.83. The van der Waals surface area contributed by atoms with Gasteiger partial charge in [-0.15, -0.1) is 11.3 Å². The van der Waals surface area contributed by atoms with E-state index < -0.39 is 5.91 Å². The molecular weight excluding hydrogens is 508 g/mol. The van der Waals surface area contributed by atoms with Crippen molar-refractivity contribution in [2.45, 2.75) is 13.8 Å². The zero-order valence-electron chi connectivity index (χ0n) is 20.5. The molecule has 3 heterocycles. The Balaban J connectivity index is 1.28. The lowest BCUT2D eigenvalue weighted by molar-refractivity contribution is -0.114. The summed E-state index contributed by atoms with van der Waals surface area (Å²) in [4.78, 5) is 17.9. The maximum Gasteiger partial charge on any atom is 0.283 e. The number of para-hydroxylation sites is 1. The molecule has 188 valence electrons. The van der Waals surface area contributed by atoms with Gasteiger partial charge in [-0.1, -0.05) is 30.3 Å². The van der Waals surface area contributed by atoms with E-state index in [1.54, 1.807) is 42.7 Å². The number of hydrazone groups is 1. The predicted molar refractivity (Wildman–Crippen MR) is 148 cm³/mol. The summed E-state index contributed by atoms with van der Waals surface area (Å²) in [6.07, 6.45) is 1.62. The number of thioether (sulfide) groups is 1. The van der Waals surface area contributed by atoms with Crippen molar-refractivity contribution in [3.63, 3.8) is 0 Å². The molecule has 0 saturated carbocycles. The van der Waals surface area contributed by atoms with Gasteiger partial charge < -0.3 is 14.2 Å². The Labute approximate surface area is 222 Å². The van der Waals surface area contributed by atoms with Crippen molar-refractivity contribution in [3.8, 4) is 17.2 Å². The number of hydrogen-bond acceptors (Lipinski definition) is 8. The molecule has 1 aromatic heterocycles. The topological polar surface area (TPSA) is 96.6 Å². The van der Waals surface area contributed by atoms with Crippen molar-refractivity contribution < 1.29 is 19.0 Å². The maximum absolute atomic E-state index is 12.8. The molecule has 2 aromatic carbocycles. The largest absolute Gasteiger partial charge is 0.493 e. The highest BCUT2D eigenvalue weighted by Gasteiger charge is 2.36. The lowest BCUT2D eigenvalue weighted by Gasteiger charge is -2.20. The molecule has 37 heavy (non-hydrogen) atoms. The van der Waals surface area contributed by atoms with E-state index in [4.69, 9.17) is 19.6 Å². The number of hydrogen-bond donors (Lipinski definition) is 1. The van der Waals surface area contributed by atoms with Gasteiger partial charge in [0.05, 0.1) is 17.6 Å². The summed E-state index contributed by atoms with van der Waals surface area (Å²) in [5, 5.41) is 17.6. The van der Waals surface area contributed by atoms with Crippen LogP contribution in [0.25, 0.3) is 6.08 Å². The fourth-order valence-electron chi connectivity index (χ4n) is 3.87. The number of aryl methyl sites for hydroxylation is 2. The van der Waals surface area contributed by atoms with Crippen LogP contribution in [0.3, 0.4) is 0 Å². The monoisotopic (exact) mass is 532 g/mol. The maximum atomic E-state index is 12.8. The quantitative estimate of drug-likeness (QED) is 0.304. The van der Waals surface area contributed by atoms with Crippen LogP contribution in [-0.2, 0) is 4.79 Å². The van der Waals surface area contributed by atoms with E-state index in [2.05, 4.69) is 10.1 Å². The molecule has 8 nitrogen and oxygen atoms in total. The second-order valence-corrected chi connectivity index (χ2v) is 10.1. The van der Waals surface area contributed by atoms with E-state index in [1.807, 2.05) is 49.6 Å². The molecular formula is C27H24N4O4S2. The minimum Gasteiger partial charge on any atom is -0.493 e. The Bertz CT molecular complexity index is 1440. The first-order chi connectivity index (χ1) is 17.9. The molecule has 10 heteroatoms. The molecule has 0 saturated heterocycles. The highest BCUT2D eigenvalue weighted by atomic mass is 32.2. The molecule has 5 rings (SSSR count). The highest BCUT2D eigenvalue weighted by Crippen LogP contribution is 2.33. The number of nitrogens with one attached hydrogen (secondary N) is 1. The molecule has 0 radical (unpaired) electrons. The second kappa shape index (κ2) is 10.6. The first-order valence-electron chi connectivity index (χ1n) is 11.5. The number of thiophene rings is 1. The van der Waals surface area contributed by atoms with Gasteiger partial charge in [0, 0.05) is 0 Å². The smallest absolute Gasteiger partial charge is 0.283 e. The molecule has 3 aromatic rings. The molecule has 0 aliphatic carbocycles. The van der Waals surface area contributed by atoms with E-state index in [0.717, 1.165) is 26.8 Å². The van der Waals surface area contributed by atoms with Gasteiger partial charge in [-0.2, -0.15) is 15.1 Å². The lowest BCUT2D eigenvalue weighted by atomic mass is 10.1. The number of aliphatic imine (C=N–C) groups is 1. The Morgan fingerprint density at radius 2 is 1.81 bits per heavy atom. The summed E-state index contributed by atoms with van der Waals surface area (Å²) < 4.78 is 17.3. The van der Waals surface area contributed by atoms with Gasteiger partial charge in [-0.3, -0.25) is 10.2 Å². The zero-order valence-corrected chi connectivity index (χ0v) is 22.1. The van der Waals surface area contributed by atoms with Crippen LogP contribution in [0.4, 0.5) is 0 Å². The van der Waals surface area contributed by atoms with E-state index in [0.29, 0.717) is 35.4 Å². The number of ether oxygens (including phenoxy) is 3. The standard InChI is InChI=1S/C27H24N4O4S2/c1-16-6-4-7-17(2)23(16)35-12-11-34-20-10-9-18(15-21(20)33-3)14-19-24(28)31-27(29-25(19)32)37-26(30-31)22-8-5-13-36-22/h4-10,13-15,28H,11-12H2,1-3H3/b19-14-,28-24?. The van der Waals surface area contributed by atoms with Crippen LogP contribution in [0.5, 0.6) is 17.2 Å². The molecule has 2 aliphatic heterocycles. The van der Waals surface area contributed by atoms with Gasteiger partial charge in [0.2, 0.25) is 5.17 Å². The molecule has 0 bridgehead atoms. The first kappa shape index (κ1) is 24.8. The molecule has 0 atom stereocenters. The number of fused-ring (bicyclic) bond motifs is 1. The molecule has 0 fully saturated rings. The minimum absolute atomic E-state index is 0.0167. The van der Waals surface area contributed by atoms with Crippen molar-refractivity contribution in [1.29, 1.82) is 5.41 Å². The third-order valence-electron chi connectivity index (χ3n) is 5.68. The first-order valence-corrected chi connectivity index (χ1v) is 13.2. The number of carbonyl (C=O) groups is 1. The molecule has 1 amide bonds. The Morgan fingerprint density at radius 3 is 2.54 bits per heavy atom. The normalized spacial score (nSPS) is 16.0. The van der Waals surface area contributed by atoms with Crippen LogP contribution in [0, 0.1) is 19.3 Å². The number of amidine groups is 2. The lowest BCUT2D eigenvalue weighted by Crippen LogP contribution is -2.35. The molecule has 0 spiro atoms. The number of methoxy groups -OCH3 is 1. The van der Waals surface area contributed by atoms with Gasteiger partial charge in [-0.05, 0) is 72.0 Å². The molecule has 1 N–H and O–H groups in total. The van der Waals surface area contributed by atoms with Gasteiger partial charge in [0.15, 0.2) is 17.3 Å². The van der Waals surface area contributed by atoms with Crippen LogP contribution in [-0.4, -0.2) is 47.3 Å². The number of rotatable bonds is 8. The average Bonchev–Trinajstić information content (AvgIpc) is 3.56. The molecule has 0 unspecified atom stereocenters. The van der Waals surface area contributed by atoms with Gasteiger partial charge >= 0.3 is 0 Å². The fraction of sp³-hybridized carbons (Fsp3) is 0.185. The zero-order chi connectivity index (χ0) is 25.9. The fourth-order valence-corrected chi connectivity index (χ4v) is 5.56. The van der Waals surface area contributed by atoms with Crippen molar-refractivity contribution in [1.82, 2.24) is 5.01 Å². The number of carbonyl (C=O) groups excluding carboxylic acids is 1. The summed E-state index contributed by atoms with van der Waals surface area (Å²) in [6, 6.07) is 15.2. The number of benzene rings is 2. The van der Waals surface area contributed by atoms with Crippen molar-refractivity contribution in [2.75, 3.05) is 20.3 Å². The van der Waals surface area contributed by atoms with Crippen LogP contribution in [0.2, 0.25) is 0 Å². The van der Waals surface area contributed by atoms with Crippen molar-refractivity contribution in [3.05, 3.63) is 81.1 Å². The van der Waals surface area contributed by atoms with E-state index in [9.17, 15) is 4.79 Å². The SMILES string of the molecule is COc1cc(/C=C2/C(=N)N3N=C(c4cccs4)SC3=NC2=O)ccc1OCCOc1c(C)cccc1C. The number of amides is 1. The van der Waals surface area contributed by atoms with E-state index in [-0.39, 0.29) is 11.4 Å². The molecule has 2 aliphatic rings. The van der Waals surface area contributed by atoms with Gasteiger partial charge in [-0.25, -0.2) is 0 Å². The van der Waals surface area contributed by atoms with Crippen LogP contribution in [0.15, 0.2) is 69.6 Å². The summed E-state index contributed by atoms with van der Waals surface area (Å²) in [5.41, 5.74) is 2.99. The minimum atomic E-state index is -0.477. The van der Waals surface area contributed by atoms with Gasteiger partial charge in [0.1, 0.15) is 24.0 Å². The summed E-state index contributed by atoms with van der Waals surface area (Å²) in [7, 11) is 1.55. The predicted octanol–water partition coefficient (Wildman–Crippen LogP) is 5.50. The Hall–Kier alpha value is -3.89. The van der Waals surface area contributed by atoms with Gasteiger partial charge in [0.25, 0.3) is 5.91 Å². The van der Waals surface area contributed by atoms with Crippen LogP contribution in [0.1, 0.15) is 21.6 Å².